The maximum atomic E-state index is 15.2. The normalized spacial score (nSPS) is 25.8. The van der Waals surface area contributed by atoms with Gasteiger partial charge in [0.05, 0.1) is 35.8 Å². The molecule has 3 unspecified atom stereocenters. The van der Waals surface area contributed by atoms with E-state index in [0.29, 0.717) is 36.6 Å². The zero-order chi connectivity index (χ0) is 35.7. The standard InChI is InChI=1S/C40H46BrN3O5S/c1-6-19-42(28-15-17-31(18-16-28)49-8-3)37(46)33-34-38(47)44(30(24-45)21-25(4)5)36(40(34)23-32(41)35(33)50-40)39(48)43(20-7-2)29-14-13-26-11-9-10-12-27(26)22-29/h6-7,9-18,22,25,30,32-36,45H,1-2,8,19-21,23-24H2,3-5H3/t30-,32?,33-,34+,35-,36?,40?/m1/s1. The van der Waals surface area contributed by atoms with Crippen LogP contribution in [-0.2, 0) is 14.4 Å². The number of amides is 3. The molecule has 3 amide bonds. The van der Waals surface area contributed by atoms with Gasteiger partial charge in [0.15, 0.2) is 0 Å². The van der Waals surface area contributed by atoms with Gasteiger partial charge in [0.1, 0.15) is 11.8 Å². The van der Waals surface area contributed by atoms with Gasteiger partial charge in [0, 0.05) is 34.5 Å². The third-order valence-electron chi connectivity index (χ3n) is 10.3. The lowest BCUT2D eigenvalue weighted by atomic mass is 9.70. The highest BCUT2D eigenvalue weighted by Crippen LogP contribution is 2.68. The summed E-state index contributed by atoms with van der Waals surface area (Å²) in [7, 11) is 0. The summed E-state index contributed by atoms with van der Waals surface area (Å²) in [6.45, 7) is 14.6. The van der Waals surface area contributed by atoms with Gasteiger partial charge >= 0.3 is 0 Å². The highest BCUT2D eigenvalue weighted by molar-refractivity contribution is 9.09. The van der Waals surface area contributed by atoms with E-state index in [9.17, 15) is 9.90 Å². The van der Waals surface area contributed by atoms with E-state index in [2.05, 4.69) is 29.1 Å². The first kappa shape index (κ1) is 36.2. The van der Waals surface area contributed by atoms with E-state index in [4.69, 9.17) is 4.74 Å². The number of rotatable bonds is 14. The molecular formula is C40H46BrN3O5S. The van der Waals surface area contributed by atoms with Gasteiger partial charge in [0.2, 0.25) is 11.8 Å². The van der Waals surface area contributed by atoms with Crippen LogP contribution in [0.5, 0.6) is 5.75 Å². The highest BCUT2D eigenvalue weighted by Gasteiger charge is 2.76. The minimum absolute atomic E-state index is 0.0992. The van der Waals surface area contributed by atoms with Crippen molar-refractivity contribution in [3.63, 3.8) is 0 Å². The fourth-order valence-electron chi connectivity index (χ4n) is 8.31. The van der Waals surface area contributed by atoms with E-state index in [1.807, 2.05) is 87.5 Å². The average Bonchev–Trinajstić information content (AvgIpc) is 3.71. The minimum atomic E-state index is -0.895. The van der Waals surface area contributed by atoms with Crippen molar-refractivity contribution in [2.75, 3.05) is 36.1 Å². The number of likely N-dealkylation sites (tertiary alicyclic amines) is 1. The summed E-state index contributed by atoms with van der Waals surface area (Å²) in [5.41, 5.74) is 1.39. The first-order valence-electron chi connectivity index (χ1n) is 17.4. The number of hydrogen-bond donors (Lipinski definition) is 1. The van der Waals surface area contributed by atoms with Crippen LogP contribution in [0.25, 0.3) is 10.8 Å². The Balaban J connectivity index is 1.45. The maximum absolute atomic E-state index is 15.2. The quantitative estimate of drug-likeness (QED) is 0.143. The molecule has 3 aliphatic rings. The smallest absolute Gasteiger partial charge is 0.251 e. The average molecular weight is 761 g/mol. The van der Waals surface area contributed by atoms with Gasteiger partial charge in [-0.1, -0.05) is 72.3 Å². The zero-order valence-corrected chi connectivity index (χ0v) is 31.3. The maximum Gasteiger partial charge on any atom is 0.251 e. The number of thioether (sulfide) groups is 1. The molecule has 0 saturated carbocycles. The summed E-state index contributed by atoms with van der Waals surface area (Å²) >= 11 is 5.51. The Morgan fingerprint density at radius 3 is 2.28 bits per heavy atom. The number of alkyl halides is 1. The van der Waals surface area contributed by atoms with Crippen LogP contribution in [0.4, 0.5) is 11.4 Å². The summed E-state index contributed by atoms with van der Waals surface area (Å²) in [5.74, 6) is -1.21. The predicted molar refractivity (Wildman–Crippen MR) is 206 cm³/mol. The zero-order valence-electron chi connectivity index (χ0n) is 28.9. The Morgan fingerprint density at radius 1 is 1.02 bits per heavy atom. The van der Waals surface area contributed by atoms with E-state index < -0.39 is 28.7 Å². The number of benzene rings is 3. The molecule has 10 heteroatoms. The molecule has 1 N–H and O–H groups in total. The number of halogens is 1. The highest BCUT2D eigenvalue weighted by atomic mass is 79.9. The number of fused-ring (bicyclic) bond motifs is 2. The van der Waals surface area contributed by atoms with Gasteiger partial charge in [-0.25, -0.2) is 0 Å². The second-order valence-electron chi connectivity index (χ2n) is 13.8. The van der Waals surface area contributed by atoms with Gasteiger partial charge in [-0.2, -0.15) is 0 Å². The summed E-state index contributed by atoms with van der Waals surface area (Å²) in [6, 6.07) is 19.8. The molecule has 0 aromatic heterocycles. The number of nitrogens with zero attached hydrogens (tertiary/aromatic N) is 3. The second-order valence-corrected chi connectivity index (χ2v) is 16.5. The molecule has 8 nitrogen and oxygen atoms in total. The fourth-order valence-corrected chi connectivity index (χ4v) is 11.9. The van der Waals surface area contributed by atoms with Gasteiger partial charge in [0.25, 0.3) is 5.91 Å². The number of carbonyl (C=O) groups is 3. The van der Waals surface area contributed by atoms with Crippen LogP contribution in [0.1, 0.15) is 33.6 Å². The summed E-state index contributed by atoms with van der Waals surface area (Å²) < 4.78 is 4.75. The number of anilines is 2. The van der Waals surface area contributed by atoms with Crippen LogP contribution >= 0.6 is 27.7 Å². The monoisotopic (exact) mass is 759 g/mol. The number of hydrogen-bond acceptors (Lipinski definition) is 6. The Labute approximate surface area is 307 Å². The van der Waals surface area contributed by atoms with Gasteiger partial charge in [-0.05, 0) is 72.9 Å². The van der Waals surface area contributed by atoms with Crippen molar-refractivity contribution in [2.45, 2.75) is 60.5 Å². The molecule has 3 aliphatic heterocycles. The van der Waals surface area contributed by atoms with Crippen LogP contribution in [0.15, 0.2) is 92.0 Å². The van der Waals surface area contributed by atoms with Gasteiger partial charge in [-0.3, -0.25) is 14.4 Å². The van der Waals surface area contributed by atoms with Crippen molar-refractivity contribution in [1.82, 2.24) is 4.90 Å². The van der Waals surface area contributed by atoms with Crippen LogP contribution in [0, 0.1) is 17.8 Å². The molecule has 3 aromatic carbocycles. The van der Waals surface area contributed by atoms with Crippen LogP contribution in [-0.4, -0.2) is 80.9 Å². The Kier molecular flexibility index (Phi) is 10.8. The van der Waals surface area contributed by atoms with Crippen LogP contribution in [0.3, 0.4) is 0 Å². The summed E-state index contributed by atoms with van der Waals surface area (Å²) in [5, 5.41) is 12.6. The molecule has 3 heterocycles. The molecular weight excluding hydrogens is 714 g/mol. The Hall–Kier alpha value is -3.60. The predicted octanol–water partition coefficient (Wildman–Crippen LogP) is 6.85. The fraction of sp³-hybridized carbons (Fsp3) is 0.425. The molecule has 50 heavy (non-hydrogen) atoms. The summed E-state index contributed by atoms with van der Waals surface area (Å²) in [4.78, 5) is 50.0. The molecule has 0 aliphatic carbocycles. The molecule has 264 valence electrons. The topological polar surface area (TPSA) is 90.4 Å². The van der Waals surface area contributed by atoms with Gasteiger partial charge < -0.3 is 24.5 Å². The Bertz CT molecular complexity index is 1770. The second kappa shape index (κ2) is 14.9. The molecule has 6 rings (SSSR count). The van der Waals surface area contributed by atoms with E-state index >= 15 is 9.59 Å². The molecule has 3 fully saturated rings. The number of carbonyl (C=O) groups excluding carboxylic acids is 3. The first-order valence-corrected chi connectivity index (χ1v) is 19.2. The molecule has 0 radical (unpaired) electrons. The molecule has 3 aromatic rings. The lowest BCUT2D eigenvalue weighted by Gasteiger charge is -2.40. The lowest BCUT2D eigenvalue weighted by Crippen LogP contribution is -2.58. The van der Waals surface area contributed by atoms with Crippen molar-refractivity contribution in [1.29, 1.82) is 0 Å². The molecule has 1 spiro atoms. The number of aliphatic hydroxyl groups is 1. The molecule has 2 bridgehead atoms. The van der Waals surface area contributed by atoms with E-state index in [1.165, 1.54) is 0 Å². The first-order chi connectivity index (χ1) is 24.1. The third kappa shape index (κ3) is 6.28. The van der Waals surface area contributed by atoms with E-state index in [-0.39, 0.29) is 53.4 Å². The molecule has 7 atom stereocenters. The van der Waals surface area contributed by atoms with Crippen molar-refractivity contribution >= 4 is 67.6 Å². The van der Waals surface area contributed by atoms with Crippen molar-refractivity contribution in [2.24, 2.45) is 17.8 Å². The van der Waals surface area contributed by atoms with Crippen molar-refractivity contribution < 1.29 is 24.2 Å². The molecule has 3 saturated heterocycles. The van der Waals surface area contributed by atoms with Gasteiger partial charge in [-0.15, -0.1) is 24.9 Å². The Morgan fingerprint density at radius 2 is 1.66 bits per heavy atom. The van der Waals surface area contributed by atoms with E-state index in [0.717, 1.165) is 10.8 Å². The van der Waals surface area contributed by atoms with Crippen LogP contribution < -0.4 is 14.5 Å². The summed E-state index contributed by atoms with van der Waals surface area (Å²) in [6.07, 6.45) is 4.45. The van der Waals surface area contributed by atoms with Crippen molar-refractivity contribution in [3.05, 3.63) is 92.0 Å². The third-order valence-corrected chi connectivity index (χ3v) is 13.5. The largest absolute Gasteiger partial charge is 0.494 e. The van der Waals surface area contributed by atoms with Crippen molar-refractivity contribution in [3.8, 4) is 5.75 Å². The van der Waals surface area contributed by atoms with Crippen LogP contribution in [0.2, 0.25) is 0 Å². The number of aliphatic hydroxyl groups excluding tert-OH is 1. The minimum Gasteiger partial charge on any atom is -0.494 e. The number of ether oxygens (including phenoxy) is 1. The SMILES string of the molecule is C=CCN(C(=O)C1N([C@@H](CO)CC(C)C)C(=O)[C@@H]2[C@@H](C(=O)N(CC=C)c3ccc(OCC)cc3)[C@@H]3SC12CC3Br)c1ccc2ccccc2c1. The van der Waals surface area contributed by atoms with E-state index in [1.54, 1.807) is 38.6 Å². The lowest BCUT2D eigenvalue weighted by molar-refractivity contribution is -0.142.